The maximum atomic E-state index is 11.8. The van der Waals surface area contributed by atoms with Crippen molar-refractivity contribution in [1.82, 2.24) is 19.8 Å². The fourth-order valence-electron chi connectivity index (χ4n) is 2.10. The number of nitrogens with one attached hydrogen (secondary N) is 1. The zero-order chi connectivity index (χ0) is 15.4. The van der Waals surface area contributed by atoms with E-state index in [1.165, 1.54) is 0 Å². The molecule has 0 fully saturated rings. The van der Waals surface area contributed by atoms with Gasteiger partial charge >= 0.3 is 0 Å². The van der Waals surface area contributed by atoms with Crippen molar-refractivity contribution >= 4 is 17.2 Å². The molecular weight excluding hydrogens is 278 g/mol. The molecule has 110 valence electrons. The van der Waals surface area contributed by atoms with Crippen LogP contribution in [0.1, 0.15) is 12.8 Å². The lowest BCUT2D eigenvalue weighted by atomic mass is 10.1. The molecule has 0 atom stereocenters. The number of fused-ring (bicyclic) bond motifs is 1. The highest BCUT2D eigenvalue weighted by molar-refractivity contribution is 5.91. The van der Waals surface area contributed by atoms with Crippen LogP contribution in [-0.2, 0) is 4.79 Å². The van der Waals surface area contributed by atoms with E-state index in [0.29, 0.717) is 18.5 Å². The van der Waals surface area contributed by atoms with E-state index in [2.05, 4.69) is 27.2 Å². The third kappa shape index (κ3) is 3.01. The van der Waals surface area contributed by atoms with Crippen LogP contribution in [0.15, 0.2) is 55.4 Å². The van der Waals surface area contributed by atoms with E-state index < -0.39 is 0 Å². The molecule has 1 aromatic carbocycles. The van der Waals surface area contributed by atoms with E-state index in [4.69, 9.17) is 0 Å². The van der Waals surface area contributed by atoms with Crippen molar-refractivity contribution in [2.24, 2.45) is 0 Å². The first kappa shape index (κ1) is 13.9. The molecule has 0 aliphatic heterocycles. The molecular formula is C16H15N5O. The lowest BCUT2D eigenvalue weighted by Gasteiger charge is -2.07. The van der Waals surface area contributed by atoms with E-state index >= 15 is 0 Å². The fraction of sp³-hybridized carbons (Fsp3) is 0.125. The predicted octanol–water partition coefficient (Wildman–Crippen LogP) is 2.70. The molecule has 0 saturated carbocycles. The summed E-state index contributed by atoms with van der Waals surface area (Å²) < 4.78 is 1.62. The maximum Gasteiger partial charge on any atom is 0.224 e. The van der Waals surface area contributed by atoms with Gasteiger partial charge in [0.25, 0.3) is 0 Å². The van der Waals surface area contributed by atoms with E-state index in [-0.39, 0.29) is 5.91 Å². The van der Waals surface area contributed by atoms with Gasteiger partial charge in [0.15, 0.2) is 5.65 Å². The highest BCUT2D eigenvalue weighted by atomic mass is 16.1. The average molecular weight is 293 g/mol. The fourth-order valence-corrected chi connectivity index (χ4v) is 2.10. The Labute approximate surface area is 127 Å². The Morgan fingerprint density at radius 3 is 3.09 bits per heavy atom. The van der Waals surface area contributed by atoms with Crippen molar-refractivity contribution in [3.8, 4) is 11.3 Å². The number of anilines is 1. The lowest BCUT2D eigenvalue weighted by Crippen LogP contribution is -2.10. The number of allylic oxidation sites excluding steroid dienone is 1. The molecule has 0 aliphatic rings. The Hall–Kier alpha value is -3.02. The number of carbonyl (C=O) groups excluding carboxylic acids is 1. The van der Waals surface area contributed by atoms with Gasteiger partial charge in [0, 0.05) is 17.7 Å². The first-order chi connectivity index (χ1) is 10.8. The van der Waals surface area contributed by atoms with Crippen molar-refractivity contribution in [3.05, 3.63) is 55.4 Å². The third-order valence-electron chi connectivity index (χ3n) is 3.18. The number of hydrogen-bond acceptors (Lipinski definition) is 4. The summed E-state index contributed by atoms with van der Waals surface area (Å²) in [4.78, 5) is 11.8. The van der Waals surface area contributed by atoms with Gasteiger partial charge in [0.2, 0.25) is 5.91 Å². The predicted molar refractivity (Wildman–Crippen MR) is 84.3 cm³/mol. The zero-order valence-electron chi connectivity index (χ0n) is 11.9. The molecule has 0 spiro atoms. The molecule has 3 aromatic rings. The molecule has 6 nitrogen and oxygen atoms in total. The van der Waals surface area contributed by atoms with Gasteiger partial charge in [-0.2, -0.15) is 9.61 Å². The smallest absolute Gasteiger partial charge is 0.224 e. The minimum atomic E-state index is -0.0285. The van der Waals surface area contributed by atoms with Crippen molar-refractivity contribution in [1.29, 1.82) is 0 Å². The number of aromatic nitrogens is 4. The summed E-state index contributed by atoms with van der Waals surface area (Å²) in [5, 5.41) is 15.0. The van der Waals surface area contributed by atoms with Crippen molar-refractivity contribution < 1.29 is 4.79 Å². The summed E-state index contributed by atoms with van der Waals surface area (Å²) >= 11 is 0. The van der Waals surface area contributed by atoms with Gasteiger partial charge in [-0.1, -0.05) is 18.2 Å². The van der Waals surface area contributed by atoms with E-state index in [9.17, 15) is 4.79 Å². The van der Waals surface area contributed by atoms with E-state index in [1.54, 1.807) is 16.9 Å². The molecule has 0 aliphatic carbocycles. The van der Waals surface area contributed by atoms with Crippen LogP contribution in [0, 0.1) is 0 Å². The van der Waals surface area contributed by atoms with Gasteiger partial charge < -0.3 is 5.32 Å². The Morgan fingerprint density at radius 2 is 2.23 bits per heavy atom. The number of hydrogen-bond donors (Lipinski definition) is 1. The number of nitrogens with zero attached hydrogens (tertiary/aromatic N) is 4. The molecule has 0 radical (unpaired) electrons. The van der Waals surface area contributed by atoms with Crippen LogP contribution in [0.2, 0.25) is 0 Å². The summed E-state index contributed by atoms with van der Waals surface area (Å²) in [6, 6.07) is 11.3. The molecule has 1 amide bonds. The number of carbonyl (C=O) groups is 1. The molecule has 0 saturated heterocycles. The first-order valence-electron chi connectivity index (χ1n) is 6.94. The second-order valence-corrected chi connectivity index (χ2v) is 4.81. The largest absolute Gasteiger partial charge is 0.326 e. The van der Waals surface area contributed by atoms with Gasteiger partial charge in [0.1, 0.15) is 6.33 Å². The van der Waals surface area contributed by atoms with Crippen LogP contribution in [0.5, 0.6) is 0 Å². The van der Waals surface area contributed by atoms with Gasteiger partial charge in [-0.05, 0) is 30.7 Å². The first-order valence-corrected chi connectivity index (χ1v) is 6.94. The van der Waals surface area contributed by atoms with Crippen LogP contribution in [-0.4, -0.2) is 25.7 Å². The average Bonchev–Trinajstić information content (AvgIpc) is 3.00. The van der Waals surface area contributed by atoms with Gasteiger partial charge in [-0.25, -0.2) is 0 Å². The zero-order valence-corrected chi connectivity index (χ0v) is 11.9. The van der Waals surface area contributed by atoms with Crippen LogP contribution < -0.4 is 5.32 Å². The second-order valence-electron chi connectivity index (χ2n) is 4.81. The molecule has 3 rings (SSSR count). The summed E-state index contributed by atoms with van der Waals surface area (Å²) in [7, 11) is 0. The maximum absolute atomic E-state index is 11.8. The normalized spacial score (nSPS) is 10.5. The molecule has 2 heterocycles. The van der Waals surface area contributed by atoms with Crippen molar-refractivity contribution in [3.63, 3.8) is 0 Å². The molecule has 22 heavy (non-hydrogen) atoms. The van der Waals surface area contributed by atoms with Gasteiger partial charge in [-0.3, -0.25) is 4.79 Å². The minimum Gasteiger partial charge on any atom is -0.326 e. The number of rotatable bonds is 5. The summed E-state index contributed by atoms with van der Waals surface area (Å²) in [5.41, 5.74) is 3.14. The van der Waals surface area contributed by atoms with Crippen molar-refractivity contribution in [2.75, 3.05) is 5.32 Å². The Morgan fingerprint density at radius 1 is 1.32 bits per heavy atom. The second kappa shape index (κ2) is 6.17. The van der Waals surface area contributed by atoms with Gasteiger partial charge in [-0.15, -0.1) is 16.8 Å². The molecule has 0 bridgehead atoms. The molecule has 1 N–H and O–H groups in total. The molecule has 0 unspecified atom stereocenters. The summed E-state index contributed by atoms with van der Waals surface area (Å²) in [6.45, 7) is 3.61. The van der Waals surface area contributed by atoms with E-state index in [0.717, 1.165) is 16.9 Å². The quantitative estimate of drug-likeness (QED) is 0.734. The van der Waals surface area contributed by atoms with Crippen LogP contribution in [0.25, 0.3) is 16.9 Å². The Balaban J connectivity index is 1.83. The SMILES string of the molecule is C=CCCC(=O)Nc1cccc(-c2ccc3nncn3n2)c1. The lowest BCUT2D eigenvalue weighted by molar-refractivity contribution is -0.116. The van der Waals surface area contributed by atoms with Gasteiger partial charge in [0.05, 0.1) is 5.69 Å². The Kier molecular flexibility index (Phi) is 3.91. The van der Waals surface area contributed by atoms with Crippen molar-refractivity contribution in [2.45, 2.75) is 12.8 Å². The summed E-state index contributed by atoms with van der Waals surface area (Å²) in [6.07, 6.45) is 4.38. The third-order valence-corrected chi connectivity index (χ3v) is 3.18. The van der Waals surface area contributed by atoms with E-state index in [1.807, 2.05) is 36.4 Å². The standard InChI is InChI=1S/C16H15N5O/c1-2-3-7-16(22)18-13-6-4-5-12(10-13)14-8-9-15-19-17-11-21(15)20-14/h2,4-6,8-11H,1,3,7H2,(H,18,22). The summed E-state index contributed by atoms with van der Waals surface area (Å²) in [5.74, 6) is -0.0285. The van der Waals surface area contributed by atoms with Crippen LogP contribution >= 0.6 is 0 Å². The topological polar surface area (TPSA) is 72.2 Å². The Bertz CT molecular complexity index is 824. The van der Waals surface area contributed by atoms with Crippen LogP contribution in [0.4, 0.5) is 5.69 Å². The highest BCUT2D eigenvalue weighted by Crippen LogP contribution is 2.21. The number of amides is 1. The minimum absolute atomic E-state index is 0.0285. The highest BCUT2D eigenvalue weighted by Gasteiger charge is 2.05. The molecule has 6 heteroatoms. The molecule has 2 aromatic heterocycles. The number of benzene rings is 1. The van der Waals surface area contributed by atoms with Crippen LogP contribution in [0.3, 0.4) is 0 Å². The monoisotopic (exact) mass is 293 g/mol.